The molecule has 0 aromatic heterocycles. The molecule has 4 nitrogen and oxygen atoms in total. The lowest BCUT2D eigenvalue weighted by Crippen LogP contribution is -2.37. The highest BCUT2D eigenvalue weighted by Gasteiger charge is 2.39. The summed E-state index contributed by atoms with van der Waals surface area (Å²) in [4.78, 5) is 6.77. The van der Waals surface area contributed by atoms with Gasteiger partial charge in [0, 0.05) is 11.4 Å². The van der Waals surface area contributed by atoms with Gasteiger partial charge in [-0.15, -0.1) is 0 Å². The van der Waals surface area contributed by atoms with Crippen LogP contribution in [0.25, 0.3) is 10.8 Å². The number of benzene rings is 2. The molecule has 1 aliphatic carbocycles. The molecule has 0 amide bonds. The number of nitrogens with two attached hydrogens (primary N) is 1. The molecule has 1 heterocycles. The Morgan fingerprint density at radius 3 is 2.62 bits per heavy atom. The number of ether oxygens (including phenoxy) is 1. The molecule has 0 radical (unpaired) electrons. The topological polar surface area (TPSA) is 50.9 Å². The second-order valence-electron chi connectivity index (χ2n) is 5.76. The average molecular weight is 281 g/mol. The second-order valence-corrected chi connectivity index (χ2v) is 5.76. The molecule has 2 aliphatic rings. The molecule has 2 aromatic rings. The molecule has 1 aliphatic heterocycles. The Hall–Kier alpha value is -2.23. The van der Waals surface area contributed by atoms with Crippen LogP contribution in [-0.2, 0) is 0 Å². The van der Waals surface area contributed by atoms with Gasteiger partial charge in [0.1, 0.15) is 5.75 Å². The van der Waals surface area contributed by atoms with E-state index in [9.17, 15) is 0 Å². The Balaban J connectivity index is 1.84. The Bertz CT molecular complexity index is 721. The lowest BCUT2D eigenvalue weighted by atomic mass is 9.97. The molecule has 1 fully saturated rings. The number of rotatable bonds is 3. The van der Waals surface area contributed by atoms with Crippen LogP contribution in [0.15, 0.2) is 41.4 Å². The lowest BCUT2D eigenvalue weighted by Gasteiger charge is -2.27. The normalized spacial score (nSPS) is 21.7. The Kier molecular flexibility index (Phi) is 2.77. The van der Waals surface area contributed by atoms with Gasteiger partial charge in [0.25, 0.3) is 0 Å². The molecule has 0 bridgehead atoms. The third kappa shape index (κ3) is 1.94. The first kappa shape index (κ1) is 12.5. The minimum Gasteiger partial charge on any atom is -0.496 e. The highest BCUT2D eigenvalue weighted by molar-refractivity contribution is 5.92. The van der Waals surface area contributed by atoms with E-state index in [0.29, 0.717) is 12.0 Å². The molecular formula is C17H19N3O. The molecular weight excluding hydrogens is 262 g/mol. The summed E-state index contributed by atoms with van der Waals surface area (Å²) in [5.74, 6) is 1.61. The Morgan fingerprint density at radius 2 is 1.90 bits per heavy atom. The highest BCUT2D eigenvalue weighted by Crippen LogP contribution is 2.40. The summed E-state index contributed by atoms with van der Waals surface area (Å²) < 4.78 is 5.49. The number of fused-ring (bicyclic) bond motifs is 1. The van der Waals surface area contributed by atoms with Crippen LogP contribution in [0.3, 0.4) is 0 Å². The van der Waals surface area contributed by atoms with Crippen molar-refractivity contribution in [2.45, 2.75) is 24.9 Å². The van der Waals surface area contributed by atoms with Crippen molar-refractivity contribution in [2.24, 2.45) is 10.7 Å². The predicted octanol–water partition coefficient (Wildman–Crippen LogP) is 2.68. The zero-order chi connectivity index (χ0) is 14.4. The van der Waals surface area contributed by atoms with Gasteiger partial charge in [-0.25, -0.2) is 0 Å². The fourth-order valence-corrected chi connectivity index (χ4v) is 3.32. The quantitative estimate of drug-likeness (QED) is 0.941. The third-order valence-corrected chi connectivity index (χ3v) is 4.46. The average Bonchev–Trinajstić information content (AvgIpc) is 3.29. The SMILES string of the molecule is COc1ccc(C2CN=C(N)N2C2CC2)c2ccccc12. The van der Waals surface area contributed by atoms with Gasteiger partial charge in [-0.3, -0.25) is 4.99 Å². The number of hydrogen-bond donors (Lipinski definition) is 1. The van der Waals surface area contributed by atoms with Gasteiger partial charge >= 0.3 is 0 Å². The summed E-state index contributed by atoms with van der Waals surface area (Å²) in [7, 11) is 1.72. The van der Waals surface area contributed by atoms with Crippen molar-refractivity contribution in [2.75, 3.05) is 13.7 Å². The van der Waals surface area contributed by atoms with Crippen LogP contribution in [-0.4, -0.2) is 30.6 Å². The fourth-order valence-electron chi connectivity index (χ4n) is 3.32. The van der Waals surface area contributed by atoms with E-state index in [4.69, 9.17) is 10.5 Å². The molecule has 4 rings (SSSR count). The molecule has 108 valence electrons. The standard InChI is InChI=1S/C17H19N3O/c1-21-16-9-8-13(12-4-2-3-5-14(12)16)15-10-19-17(18)20(15)11-6-7-11/h2-5,8-9,11,15H,6-7,10H2,1H3,(H2,18,19). The van der Waals surface area contributed by atoms with Crippen LogP contribution in [0.2, 0.25) is 0 Å². The summed E-state index contributed by atoms with van der Waals surface area (Å²) in [5.41, 5.74) is 7.39. The number of nitrogens with zero attached hydrogens (tertiary/aromatic N) is 2. The van der Waals surface area contributed by atoms with Gasteiger partial charge in [0.15, 0.2) is 5.96 Å². The van der Waals surface area contributed by atoms with E-state index < -0.39 is 0 Å². The van der Waals surface area contributed by atoms with Crippen molar-refractivity contribution >= 4 is 16.7 Å². The van der Waals surface area contributed by atoms with E-state index in [1.807, 2.05) is 6.07 Å². The third-order valence-electron chi connectivity index (χ3n) is 4.46. The van der Waals surface area contributed by atoms with Crippen LogP contribution < -0.4 is 10.5 Å². The first-order chi connectivity index (χ1) is 10.3. The highest BCUT2D eigenvalue weighted by atomic mass is 16.5. The summed E-state index contributed by atoms with van der Waals surface area (Å²) in [6, 6.07) is 13.4. The molecule has 2 aromatic carbocycles. The largest absolute Gasteiger partial charge is 0.496 e. The van der Waals surface area contributed by atoms with Crippen molar-refractivity contribution in [1.29, 1.82) is 0 Å². The van der Waals surface area contributed by atoms with Crippen LogP contribution in [0.1, 0.15) is 24.4 Å². The number of aliphatic imine (C=N–C) groups is 1. The first-order valence-electron chi connectivity index (χ1n) is 7.43. The first-order valence-corrected chi connectivity index (χ1v) is 7.43. The maximum Gasteiger partial charge on any atom is 0.192 e. The van der Waals surface area contributed by atoms with Crippen molar-refractivity contribution < 1.29 is 4.74 Å². The molecule has 21 heavy (non-hydrogen) atoms. The van der Waals surface area contributed by atoms with Gasteiger partial charge in [0.2, 0.25) is 0 Å². The zero-order valence-corrected chi connectivity index (χ0v) is 12.1. The Labute approximate surface area is 124 Å². The maximum absolute atomic E-state index is 6.10. The van der Waals surface area contributed by atoms with Crippen LogP contribution in [0.5, 0.6) is 5.75 Å². The molecule has 2 N–H and O–H groups in total. The molecule has 0 spiro atoms. The number of methoxy groups -OCH3 is 1. The monoisotopic (exact) mass is 281 g/mol. The van der Waals surface area contributed by atoms with Crippen LogP contribution >= 0.6 is 0 Å². The smallest absolute Gasteiger partial charge is 0.192 e. The minimum atomic E-state index is 0.258. The van der Waals surface area contributed by atoms with Crippen molar-refractivity contribution in [1.82, 2.24) is 4.90 Å². The maximum atomic E-state index is 6.10. The van der Waals surface area contributed by atoms with E-state index in [2.05, 4.69) is 40.2 Å². The minimum absolute atomic E-state index is 0.258. The van der Waals surface area contributed by atoms with Gasteiger partial charge in [-0.1, -0.05) is 30.3 Å². The fraction of sp³-hybridized carbons (Fsp3) is 0.353. The zero-order valence-electron chi connectivity index (χ0n) is 12.1. The van der Waals surface area contributed by atoms with Crippen molar-refractivity contribution in [3.63, 3.8) is 0 Å². The number of guanidine groups is 1. The van der Waals surface area contributed by atoms with Gasteiger partial charge < -0.3 is 15.4 Å². The molecule has 4 heteroatoms. The van der Waals surface area contributed by atoms with Crippen LogP contribution in [0, 0.1) is 0 Å². The summed E-state index contributed by atoms with van der Waals surface area (Å²) in [6.07, 6.45) is 2.45. The molecule has 1 saturated carbocycles. The summed E-state index contributed by atoms with van der Waals surface area (Å²) >= 11 is 0. The van der Waals surface area contributed by atoms with E-state index in [1.165, 1.54) is 23.8 Å². The van der Waals surface area contributed by atoms with Crippen molar-refractivity contribution in [3.8, 4) is 5.75 Å². The molecule has 1 atom stereocenters. The van der Waals surface area contributed by atoms with Crippen molar-refractivity contribution in [3.05, 3.63) is 42.0 Å². The van der Waals surface area contributed by atoms with Gasteiger partial charge in [-0.05, 0) is 29.9 Å². The summed E-state index contributed by atoms with van der Waals surface area (Å²) in [6.45, 7) is 0.749. The van der Waals surface area contributed by atoms with E-state index in [0.717, 1.165) is 17.7 Å². The van der Waals surface area contributed by atoms with Gasteiger partial charge in [0.05, 0.1) is 19.7 Å². The van der Waals surface area contributed by atoms with E-state index in [1.54, 1.807) is 7.11 Å². The van der Waals surface area contributed by atoms with E-state index in [-0.39, 0.29) is 6.04 Å². The second kappa shape index (κ2) is 4.65. The van der Waals surface area contributed by atoms with Crippen LogP contribution in [0.4, 0.5) is 0 Å². The van der Waals surface area contributed by atoms with Gasteiger partial charge in [-0.2, -0.15) is 0 Å². The summed E-state index contributed by atoms with van der Waals surface area (Å²) in [5, 5.41) is 2.39. The molecule has 0 saturated heterocycles. The lowest BCUT2D eigenvalue weighted by molar-refractivity contribution is 0.339. The number of hydrogen-bond acceptors (Lipinski definition) is 4. The molecule has 1 unspecified atom stereocenters. The Morgan fingerprint density at radius 1 is 1.14 bits per heavy atom. The predicted molar refractivity (Wildman–Crippen MR) is 84.6 cm³/mol. The van der Waals surface area contributed by atoms with E-state index >= 15 is 0 Å².